The van der Waals surface area contributed by atoms with Gasteiger partial charge in [-0.05, 0) is 52.6 Å². The molecule has 2 saturated heterocycles. The van der Waals surface area contributed by atoms with Gasteiger partial charge in [-0.3, -0.25) is 4.90 Å². The Labute approximate surface area is 118 Å². The standard InChI is InChI=1S/C15H31N3O/c1-15(2,19)13-18-11-9-17(10-12-18)8-4-6-14-5-3-7-16-14/h14,16,19H,3-13H2,1-2H3. The van der Waals surface area contributed by atoms with Gasteiger partial charge in [-0.15, -0.1) is 0 Å². The Morgan fingerprint density at radius 2 is 1.84 bits per heavy atom. The lowest BCUT2D eigenvalue weighted by Crippen LogP contribution is -2.50. The van der Waals surface area contributed by atoms with Crippen LogP contribution in [0.15, 0.2) is 0 Å². The molecule has 2 rings (SSSR count). The van der Waals surface area contributed by atoms with Crippen LogP contribution >= 0.6 is 0 Å². The molecule has 4 nitrogen and oxygen atoms in total. The molecule has 0 saturated carbocycles. The molecule has 0 aliphatic carbocycles. The Morgan fingerprint density at radius 1 is 1.16 bits per heavy atom. The minimum absolute atomic E-state index is 0.559. The number of aliphatic hydroxyl groups is 1. The fourth-order valence-corrected chi connectivity index (χ4v) is 3.28. The van der Waals surface area contributed by atoms with E-state index in [-0.39, 0.29) is 0 Å². The van der Waals surface area contributed by atoms with Gasteiger partial charge in [-0.2, -0.15) is 0 Å². The minimum atomic E-state index is -0.559. The van der Waals surface area contributed by atoms with Crippen LogP contribution in [-0.2, 0) is 0 Å². The van der Waals surface area contributed by atoms with E-state index in [0.717, 1.165) is 38.8 Å². The summed E-state index contributed by atoms with van der Waals surface area (Å²) in [6.45, 7) is 11.6. The molecule has 0 bridgehead atoms. The number of rotatable bonds is 6. The van der Waals surface area contributed by atoms with Gasteiger partial charge in [0, 0.05) is 38.8 Å². The van der Waals surface area contributed by atoms with E-state index in [2.05, 4.69) is 15.1 Å². The van der Waals surface area contributed by atoms with E-state index in [9.17, 15) is 5.11 Å². The second kappa shape index (κ2) is 7.02. The molecule has 0 spiro atoms. The Morgan fingerprint density at radius 3 is 2.42 bits per heavy atom. The summed E-state index contributed by atoms with van der Waals surface area (Å²) in [5.74, 6) is 0. The van der Waals surface area contributed by atoms with Crippen molar-refractivity contribution in [2.24, 2.45) is 0 Å². The van der Waals surface area contributed by atoms with Gasteiger partial charge in [0.05, 0.1) is 5.60 Å². The van der Waals surface area contributed by atoms with Gasteiger partial charge in [-0.1, -0.05) is 0 Å². The van der Waals surface area contributed by atoms with Crippen LogP contribution in [-0.4, -0.2) is 72.4 Å². The maximum absolute atomic E-state index is 9.84. The highest BCUT2D eigenvalue weighted by atomic mass is 16.3. The van der Waals surface area contributed by atoms with E-state index in [1.807, 2.05) is 13.8 Å². The Kier molecular flexibility index (Phi) is 5.63. The lowest BCUT2D eigenvalue weighted by atomic mass is 10.1. The normalized spacial score (nSPS) is 27.0. The highest BCUT2D eigenvalue weighted by Crippen LogP contribution is 2.13. The SMILES string of the molecule is CC(C)(O)CN1CCN(CCCC2CCCN2)CC1. The molecule has 4 heteroatoms. The fourth-order valence-electron chi connectivity index (χ4n) is 3.28. The predicted octanol–water partition coefficient (Wildman–Crippen LogP) is 0.907. The average Bonchev–Trinajstić information content (AvgIpc) is 2.82. The van der Waals surface area contributed by atoms with Gasteiger partial charge >= 0.3 is 0 Å². The van der Waals surface area contributed by atoms with Crippen LogP contribution in [0.1, 0.15) is 39.5 Å². The third kappa shape index (κ3) is 5.78. The molecule has 2 aliphatic heterocycles. The number of β-amino-alcohol motifs (C(OH)–C–C–N with tert-alkyl or cyclic N) is 1. The first-order valence-electron chi connectivity index (χ1n) is 7.93. The zero-order valence-electron chi connectivity index (χ0n) is 12.7. The summed E-state index contributed by atoms with van der Waals surface area (Å²) in [5.41, 5.74) is -0.559. The van der Waals surface area contributed by atoms with Gasteiger partial charge in [0.1, 0.15) is 0 Å². The molecule has 2 N–H and O–H groups in total. The van der Waals surface area contributed by atoms with Gasteiger partial charge in [-0.25, -0.2) is 0 Å². The third-order valence-corrected chi connectivity index (χ3v) is 4.26. The number of nitrogens with zero attached hydrogens (tertiary/aromatic N) is 2. The van der Waals surface area contributed by atoms with Crippen LogP contribution in [0.3, 0.4) is 0 Å². The maximum Gasteiger partial charge on any atom is 0.0718 e. The van der Waals surface area contributed by atoms with Crippen LogP contribution in [0.2, 0.25) is 0 Å². The smallest absolute Gasteiger partial charge is 0.0718 e. The molecule has 112 valence electrons. The van der Waals surface area contributed by atoms with Crippen molar-refractivity contribution in [3.63, 3.8) is 0 Å². The van der Waals surface area contributed by atoms with Crippen LogP contribution in [0.5, 0.6) is 0 Å². The fraction of sp³-hybridized carbons (Fsp3) is 1.00. The molecular formula is C15H31N3O. The van der Waals surface area contributed by atoms with Crippen LogP contribution in [0.4, 0.5) is 0 Å². The van der Waals surface area contributed by atoms with E-state index in [0.29, 0.717) is 0 Å². The summed E-state index contributed by atoms with van der Waals surface area (Å²) < 4.78 is 0. The summed E-state index contributed by atoms with van der Waals surface area (Å²) in [7, 11) is 0. The lowest BCUT2D eigenvalue weighted by Gasteiger charge is -2.37. The third-order valence-electron chi connectivity index (χ3n) is 4.26. The second-order valence-corrected chi connectivity index (χ2v) is 6.87. The second-order valence-electron chi connectivity index (χ2n) is 6.87. The van der Waals surface area contributed by atoms with Crippen molar-refractivity contribution in [3.05, 3.63) is 0 Å². The van der Waals surface area contributed by atoms with Gasteiger partial charge in [0.25, 0.3) is 0 Å². The van der Waals surface area contributed by atoms with Crippen molar-refractivity contribution in [1.29, 1.82) is 0 Å². The van der Waals surface area contributed by atoms with Gasteiger partial charge < -0.3 is 15.3 Å². The Balaban J connectivity index is 1.55. The molecule has 19 heavy (non-hydrogen) atoms. The molecule has 0 radical (unpaired) electrons. The molecule has 2 fully saturated rings. The Hall–Kier alpha value is -0.160. The minimum Gasteiger partial charge on any atom is -0.389 e. The molecule has 1 atom stereocenters. The van der Waals surface area contributed by atoms with E-state index < -0.39 is 5.60 Å². The molecular weight excluding hydrogens is 238 g/mol. The van der Waals surface area contributed by atoms with Crippen molar-refractivity contribution in [3.8, 4) is 0 Å². The largest absolute Gasteiger partial charge is 0.389 e. The van der Waals surface area contributed by atoms with E-state index in [4.69, 9.17) is 0 Å². The summed E-state index contributed by atoms with van der Waals surface area (Å²) in [6.07, 6.45) is 5.40. The van der Waals surface area contributed by atoms with Gasteiger partial charge in [0.15, 0.2) is 0 Å². The molecule has 0 aromatic carbocycles. The number of piperazine rings is 1. The number of hydrogen-bond donors (Lipinski definition) is 2. The zero-order chi connectivity index (χ0) is 13.7. The molecule has 2 heterocycles. The van der Waals surface area contributed by atoms with Gasteiger partial charge in [0.2, 0.25) is 0 Å². The van der Waals surface area contributed by atoms with E-state index in [1.54, 1.807) is 0 Å². The first-order chi connectivity index (χ1) is 9.03. The highest BCUT2D eigenvalue weighted by molar-refractivity contribution is 4.79. The molecule has 0 aromatic rings. The lowest BCUT2D eigenvalue weighted by molar-refractivity contribution is 0.0175. The van der Waals surface area contributed by atoms with Crippen LogP contribution < -0.4 is 5.32 Å². The van der Waals surface area contributed by atoms with Crippen molar-refractivity contribution >= 4 is 0 Å². The van der Waals surface area contributed by atoms with Crippen molar-refractivity contribution in [2.45, 2.75) is 51.2 Å². The topological polar surface area (TPSA) is 38.7 Å². The molecule has 0 amide bonds. The summed E-state index contributed by atoms with van der Waals surface area (Å²) in [4.78, 5) is 4.96. The predicted molar refractivity (Wildman–Crippen MR) is 79.4 cm³/mol. The average molecular weight is 269 g/mol. The maximum atomic E-state index is 9.84. The first-order valence-corrected chi connectivity index (χ1v) is 7.93. The summed E-state index contributed by atoms with van der Waals surface area (Å²) in [6, 6.07) is 0.788. The Bertz CT molecular complexity index is 251. The van der Waals surface area contributed by atoms with Crippen molar-refractivity contribution < 1.29 is 5.11 Å². The molecule has 0 aromatic heterocycles. The van der Waals surface area contributed by atoms with Crippen LogP contribution in [0, 0.1) is 0 Å². The highest BCUT2D eigenvalue weighted by Gasteiger charge is 2.22. The number of nitrogens with one attached hydrogen (secondary N) is 1. The number of hydrogen-bond acceptors (Lipinski definition) is 4. The first kappa shape index (κ1) is 15.2. The summed E-state index contributed by atoms with van der Waals surface area (Å²) >= 11 is 0. The monoisotopic (exact) mass is 269 g/mol. The molecule has 1 unspecified atom stereocenters. The molecule has 2 aliphatic rings. The summed E-state index contributed by atoms with van der Waals surface area (Å²) in [5, 5.41) is 13.4. The van der Waals surface area contributed by atoms with E-state index >= 15 is 0 Å². The quantitative estimate of drug-likeness (QED) is 0.752. The van der Waals surface area contributed by atoms with Crippen LogP contribution in [0.25, 0.3) is 0 Å². The zero-order valence-corrected chi connectivity index (χ0v) is 12.7. The van der Waals surface area contributed by atoms with Crippen molar-refractivity contribution in [2.75, 3.05) is 45.8 Å². The van der Waals surface area contributed by atoms with E-state index in [1.165, 1.54) is 38.8 Å². The van der Waals surface area contributed by atoms with Crippen molar-refractivity contribution in [1.82, 2.24) is 15.1 Å².